The molecule has 2 saturated heterocycles. The highest BCUT2D eigenvalue weighted by molar-refractivity contribution is 9.12. The maximum absolute atomic E-state index is 13.6. The summed E-state index contributed by atoms with van der Waals surface area (Å²) in [7, 11) is 0. The molecule has 2 fully saturated rings. The number of aliphatic imine (C=N–C) groups is 2. The highest BCUT2D eigenvalue weighted by atomic mass is 79.9. The number of hydrogen-bond acceptors (Lipinski definition) is 4. The molecule has 6 nitrogen and oxygen atoms in total. The van der Waals surface area contributed by atoms with Gasteiger partial charge in [-0.1, -0.05) is 57.9 Å². The monoisotopic (exact) mass is 670 g/mol. The molecule has 2 amide bonds. The van der Waals surface area contributed by atoms with Crippen LogP contribution in [-0.4, -0.2) is 35.8 Å². The number of rotatable bonds is 5. The first-order chi connectivity index (χ1) is 17.6. The third kappa shape index (κ3) is 14.2. The molecule has 2 heterocycles. The van der Waals surface area contributed by atoms with Crippen LogP contribution in [0.4, 0.5) is 17.6 Å². The molecule has 0 aromatic heterocycles. The van der Waals surface area contributed by atoms with Crippen molar-refractivity contribution in [3.63, 3.8) is 0 Å². The highest BCUT2D eigenvalue weighted by Crippen LogP contribution is 2.38. The summed E-state index contributed by atoms with van der Waals surface area (Å²) < 4.78 is 49.5. The lowest BCUT2D eigenvalue weighted by molar-refractivity contribution is -0.124. The van der Waals surface area contributed by atoms with Gasteiger partial charge in [-0.15, -0.1) is 0 Å². The molecule has 2 N–H and O–H groups in total. The minimum atomic E-state index is -2.97. The second-order valence-corrected chi connectivity index (χ2v) is 10.7. The predicted molar refractivity (Wildman–Crippen MR) is 153 cm³/mol. The Morgan fingerprint density at radius 3 is 1.87 bits per heavy atom. The largest absolute Gasteiger partial charge is 0.310 e. The van der Waals surface area contributed by atoms with Gasteiger partial charge < -0.3 is 10.6 Å². The smallest absolute Gasteiger partial charge is 0.252 e. The summed E-state index contributed by atoms with van der Waals surface area (Å²) in [6.45, 7) is 9.27. The molecule has 0 aromatic carbocycles. The van der Waals surface area contributed by atoms with Gasteiger partial charge in [-0.3, -0.25) is 9.59 Å². The number of alkyl halides is 4. The molecule has 0 bridgehead atoms. The lowest BCUT2D eigenvalue weighted by atomic mass is 9.86. The Labute approximate surface area is 239 Å². The fourth-order valence-electron chi connectivity index (χ4n) is 3.18. The van der Waals surface area contributed by atoms with Crippen LogP contribution in [0.25, 0.3) is 0 Å². The van der Waals surface area contributed by atoms with E-state index in [1.165, 1.54) is 6.20 Å². The third-order valence-electron chi connectivity index (χ3n) is 4.88. The van der Waals surface area contributed by atoms with Gasteiger partial charge in [0.1, 0.15) is 11.7 Å². The van der Waals surface area contributed by atoms with E-state index in [9.17, 15) is 27.2 Å². The number of nitrogens with one attached hydrogen (secondary N) is 2. The van der Waals surface area contributed by atoms with E-state index in [2.05, 4.69) is 52.5 Å². The molecule has 1 unspecified atom stereocenters. The van der Waals surface area contributed by atoms with Crippen LogP contribution in [0.5, 0.6) is 0 Å². The Morgan fingerprint density at radius 2 is 1.45 bits per heavy atom. The van der Waals surface area contributed by atoms with E-state index < -0.39 is 24.2 Å². The van der Waals surface area contributed by atoms with Crippen molar-refractivity contribution in [2.24, 2.45) is 15.9 Å². The van der Waals surface area contributed by atoms with Gasteiger partial charge in [0.15, 0.2) is 0 Å². The molecule has 0 radical (unpaired) electrons. The minimum Gasteiger partial charge on any atom is -0.310 e. The highest BCUT2D eigenvalue weighted by Gasteiger charge is 2.43. The molecule has 0 saturated carbocycles. The zero-order chi connectivity index (χ0) is 29.5. The first-order valence-corrected chi connectivity index (χ1v) is 13.7. The number of carbonyl (C=O) groups is 2. The number of amidine groups is 2. The summed E-state index contributed by atoms with van der Waals surface area (Å²) in [6, 6.07) is 0. The van der Waals surface area contributed by atoms with Crippen molar-refractivity contribution in [2.75, 3.05) is 0 Å². The molecule has 0 aliphatic carbocycles. The number of hydrogen-bond donors (Lipinski definition) is 2. The van der Waals surface area contributed by atoms with Gasteiger partial charge in [-0.25, -0.2) is 27.5 Å². The summed E-state index contributed by atoms with van der Waals surface area (Å²) in [5, 5.41) is 5.33. The van der Waals surface area contributed by atoms with Gasteiger partial charge in [0, 0.05) is 36.4 Å². The van der Waals surface area contributed by atoms with E-state index in [-0.39, 0.29) is 18.2 Å². The van der Waals surface area contributed by atoms with Crippen molar-refractivity contribution < 1.29 is 27.2 Å². The maximum atomic E-state index is 13.6. The SMILES string of the molecule is CC(F)F.CC/C=C/N=C1\NC(=O)CC(C(C)(F)F)\C1=C(\C)Br.CC/C=C/N=C1\NC(=O)CC\C1=C(\C)Br. The Balaban J connectivity index is 0.000000644. The average Bonchev–Trinajstić information content (AvgIpc) is 2.78. The number of carbonyl (C=O) groups excluding carboxylic acids is 2. The van der Waals surface area contributed by atoms with Crippen LogP contribution in [0.2, 0.25) is 0 Å². The second kappa shape index (κ2) is 18.3. The minimum absolute atomic E-state index is 0.0381. The van der Waals surface area contributed by atoms with Gasteiger partial charge in [0.05, 0.1) is 5.92 Å². The molecule has 214 valence electrons. The molecule has 0 spiro atoms. The van der Waals surface area contributed by atoms with Crippen molar-refractivity contribution in [3.05, 3.63) is 44.7 Å². The van der Waals surface area contributed by atoms with Gasteiger partial charge in [-0.2, -0.15) is 0 Å². The van der Waals surface area contributed by atoms with Crippen LogP contribution >= 0.6 is 31.9 Å². The van der Waals surface area contributed by atoms with Crippen LogP contribution in [0.3, 0.4) is 0 Å². The first-order valence-electron chi connectivity index (χ1n) is 12.1. The first kappa shape index (κ1) is 35.9. The van der Waals surface area contributed by atoms with Gasteiger partial charge in [-0.05, 0) is 55.9 Å². The number of allylic oxidation sites excluding steroid dienone is 4. The normalized spacial score (nSPS) is 23.1. The number of nitrogens with zero attached hydrogens (tertiary/aromatic N) is 2. The van der Waals surface area contributed by atoms with E-state index in [4.69, 9.17) is 0 Å². The quantitative estimate of drug-likeness (QED) is 0.291. The van der Waals surface area contributed by atoms with Crippen LogP contribution in [0.1, 0.15) is 73.6 Å². The fourth-order valence-corrected chi connectivity index (χ4v) is 4.03. The van der Waals surface area contributed by atoms with Gasteiger partial charge >= 0.3 is 0 Å². The molecule has 12 heteroatoms. The lowest BCUT2D eigenvalue weighted by Gasteiger charge is -2.31. The Kier molecular flexibility index (Phi) is 17.3. The van der Waals surface area contributed by atoms with Crippen LogP contribution in [0, 0.1) is 5.92 Å². The number of piperidine rings is 2. The molecule has 2 aliphatic heterocycles. The third-order valence-corrected chi connectivity index (χ3v) is 5.79. The molecule has 1 atom stereocenters. The maximum Gasteiger partial charge on any atom is 0.252 e. The van der Waals surface area contributed by atoms with E-state index in [0.29, 0.717) is 22.3 Å². The topological polar surface area (TPSA) is 82.9 Å². The van der Waals surface area contributed by atoms with Crippen LogP contribution < -0.4 is 10.6 Å². The molecule has 2 aliphatic rings. The van der Waals surface area contributed by atoms with Gasteiger partial charge in [0.25, 0.3) is 5.92 Å². The van der Waals surface area contributed by atoms with Crippen LogP contribution in [-0.2, 0) is 9.59 Å². The van der Waals surface area contributed by atoms with E-state index in [0.717, 1.165) is 43.2 Å². The van der Waals surface area contributed by atoms with Gasteiger partial charge in [0.2, 0.25) is 18.2 Å². The number of amides is 2. The van der Waals surface area contributed by atoms with E-state index >= 15 is 0 Å². The van der Waals surface area contributed by atoms with Crippen molar-refractivity contribution in [1.29, 1.82) is 0 Å². The van der Waals surface area contributed by atoms with Crippen molar-refractivity contribution in [2.45, 2.75) is 86.0 Å². The standard InChI is InChI=1S/C13H17BrF2N2O.C11H15BrN2O.C2H4F2/c1-4-5-6-17-12-11(8(2)14)9(13(3,15)16)7-10(19)18-12;1-3-4-7-13-11-9(8(2)12)5-6-10(15)14-11;1-2(3)4/h5-6,9H,4,7H2,1-3H3,(H,17,18,19);4,7H,3,5-6H2,1-2H3,(H,13,14,15);2H,1H3/b6-5+,11-8+;7-4+,9-8+;. The van der Waals surface area contributed by atoms with Crippen molar-refractivity contribution >= 4 is 55.3 Å². The molecular formula is C26H36Br2F4N4O2. The summed E-state index contributed by atoms with van der Waals surface area (Å²) >= 11 is 6.66. The fraction of sp³-hybridized carbons (Fsp3) is 0.538. The lowest BCUT2D eigenvalue weighted by Crippen LogP contribution is -2.46. The average molecular weight is 672 g/mol. The summed E-state index contributed by atoms with van der Waals surface area (Å²) in [5.41, 5.74) is 1.43. The summed E-state index contributed by atoms with van der Waals surface area (Å²) in [5.74, 6) is -3.66. The van der Waals surface area contributed by atoms with Crippen molar-refractivity contribution in [1.82, 2.24) is 10.6 Å². The zero-order valence-corrected chi connectivity index (χ0v) is 25.7. The zero-order valence-electron chi connectivity index (χ0n) is 22.5. The number of halogens is 6. The van der Waals surface area contributed by atoms with E-state index in [1.807, 2.05) is 26.8 Å². The molecule has 0 aromatic rings. The summed E-state index contributed by atoms with van der Waals surface area (Å²) in [4.78, 5) is 31.1. The Morgan fingerprint density at radius 1 is 0.974 bits per heavy atom. The predicted octanol–water partition coefficient (Wildman–Crippen LogP) is 7.93. The summed E-state index contributed by atoms with van der Waals surface area (Å²) in [6.07, 6.45) is 7.60. The second-order valence-electron chi connectivity index (χ2n) is 8.33. The van der Waals surface area contributed by atoms with E-state index in [1.54, 1.807) is 19.2 Å². The van der Waals surface area contributed by atoms with Crippen molar-refractivity contribution in [3.8, 4) is 0 Å². The molecule has 2 rings (SSSR count). The van der Waals surface area contributed by atoms with Crippen LogP contribution in [0.15, 0.2) is 54.6 Å². The molecular weight excluding hydrogens is 636 g/mol. The Hall–Kier alpha value is -2.08. The Bertz CT molecular complexity index is 987. The molecule has 38 heavy (non-hydrogen) atoms.